The molecule has 1 aromatic carbocycles. The van der Waals surface area contributed by atoms with Gasteiger partial charge in [0.2, 0.25) is 15.9 Å². The van der Waals surface area contributed by atoms with E-state index in [9.17, 15) is 13.2 Å². The highest BCUT2D eigenvalue weighted by Crippen LogP contribution is 2.37. The highest BCUT2D eigenvalue weighted by molar-refractivity contribution is 7.89. The third-order valence-corrected chi connectivity index (χ3v) is 5.35. The van der Waals surface area contributed by atoms with E-state index in [2.05, 4.69) is 0 Å². The molecule has 20 heavy (non-hydrogen) atoms. The topological polar surface area (TPSA) is 98.9 Å². The molecule has 0 saturated carbocycles. The lowest BCUT2D eigenvalue weighted by Crippen LogP contribution is -2.49. The molecule has 1 unspecified atom stereocenters. The van der Waals surface area contributed by atoms with Crippen molar-refractivity contribution >= 4 is 15.9 Å². The van der Waals surface area contributed by atoms with Crippen molar-refractivity contribution in [1.29, 1.82) is 0 Å². The molecule has 7 nitrogen and oxygen atoms in total. The first-order chi connectivity index (χ1) is 9.32. The molecule has 2 rings (SSSR count). The van der Waals surface area contributed by atoms with E-state index in [0.29, 0.717) is 17.1 Å². The number of hydrogen-bond acceptors (Lipinski definition) is 5. The van der Waals surface area contributed by atoms with E-state index < -0.39 is 22.0 Å². The highest BCUT2D eigenvalue weighted by Gasteiger charge is 2.39. The first-order valence-electron chi connectivity index (χ1n) is 5.85. The fraction of sp³-hybridized carbons (Fsp3) is 0.417. The van der Waals surface area contributed by atoms with Crippen LogP contribution in [-0.2, 0) is 21.2 Å². The molecular formula is C12H16N2O5S. The third-order valence-electron chi connectivity index (χ3n) is 3.40. The third kappa shape index (κ3) is 2.10. The van der Waals surface area contributed by atoms with Crippen LogP contribution in [0.2, 0.25) is 0 Å². The van der Waals surface area contributed by atoms with Gasteiger partial charge < -0.3 is 15.2 Å². The molecule has 1 heterocycles. The number of nitrogens with zero attached hydrogens (tertiary/aromatic N) is 1. The number of methoxy groups -OCH3 is 2. The predicted molar refractivity (Wildman–Crippen MR) is 71.2 cm³/mol. The van der Waals surface area contributed by atoms with E-state index >= 15 is 0 Å². The van der Waals surface area contributed by atoms with E-state index in [4.69, 9.17) is 15.2 Å². The van der Waals surface area contributed by atoms with Gasteiger partial charge in [0.15, 0.2) is 11.5 Å². The molecule has 1 aromatic rings. The molecule has 1 atom stereocenters. The second-order valence-electron chi connectivity index (χ2n) is 4.46. The van der Waals surface area contributed by atoms with Crippen molar-refractivity contribution < 1.29 is 22.7 Å². The van der Waals surface area contributed by atoms with E-state index in [1.54, 1.807) is 6.07 Å². The van der Waals surface area contributed by atoms with Gasteiger partial charge in [-0.1, -0.05) is 0 Å². The lowest BCUT2D eigenvalue weighted by atomic mass is 10.0. The van der Waals surface area contributed by atoms with E-state index in [0.717, 1.165) is 4.31 Å². The van der Waals surface area contributed by atoms with E-state index in [-0.39, 0.29) is 11.3 Å². The number of rotatable bonds is 3. The van der Waals surface area contributed by atoms with Crippen molar-refractivity contribution in [3.63, 3.8) is 0 Å². The Bertz CT molecular complexity index is 656. The van der Waals surface area contributed by atoms with Crippen molar-refractivity contribution in [2.75, 3.05) is 21.3 Å². The van der Waals surface area contributed by atoms with Crippen LogP contribution in [0.25, 0.3) is 0 Å². The zero-order valence-electron chi connectivity index (χ0n) is 11.4. The van der Waals surface area contributed by atoms with Crippen LogP contribution in [0.4, 0.5) is 0 Å². The van der Waals surface area contributed by atoms with Crippen molar-refractivity contribution in [3.05, 3.63) is 17.7 Å². The largest absolute Gasteiger partial charge is 0.493 e. The lowest BCUT2D eigenvalue weighted by molar-refractivity contribution is -0.121. The first kappa shape index (κ1) is 14.6. The Balaban J connectivity index is 2.67. The summed E-state index contributed by atoms with van der Waals surface area (Å²) in [5, 5.41) is 0. The van der Waals surface area contributed by atoms with Gasteiger partial charge in [0, 0.05) is 13.1 Å². The molecule has 1 amide bonds. The summed E-state index contributed by atoms with van der Waals surface area (Å²) in [6.45, 7) is 0. The maximum Gasteiger partial charge on any atom is 0.243 e. The maximum absolute atomic E-state index is 12.4. The van der Waals surface area contributed by atoms with Gasteiger partial charge in [0.1, 0.15) is 6.04 Å². The molecule has 1 aliphatic rings. The minimum Gasteiger partial charge on any atom is -0.493 e. The normalized spacial score (nSPS) is 21.1. The van der Waals surface area contributed by atoms with Crippen LogP contribution >= 0.6 is 0 Å². The summed E-state index contributed by atoms with van der Waals surface area (Å²) in [6.07, 6.45) is 0.209. The zero-order chi connectivity index (χ0) is 15.1. The number of hydrogen-bond donors (Lipinski definition) is 1. The highest BCUT2D eigenvalue weighted by atomic mass is 32.2. The molecule has 0 saturated heterocycles. The quantitative estimate of drug-likeness (QED) is 0.828. The van der Waals surface area contributed by atoms with E-state index in [1.165, 1.54) is 27.3 Å². The smallest absolute Gasteiger partial charge is 0.243 e. The van der Waals surface area contributed by atoms with Gasteiger partial charge in [0.25, 0.3) is 0 Å². The number of nitrogens with two attached hydrogens (primary N) is 1. The van der Waals surface area contributed by atoms with Gasteiger partial charge in [-0.3, -0.25) is 4.79 Å². The standard InChI is InChI=1S/C12H16N2O5S/c1-14-8(12(13)15)4-7-5-9(18-2)10(19-3)6-11(7)20(14,16)17/h5-6,8H,4H2,1-3H3,(H2,13,15). The summed E-state index contributed by atoms with van der Waals surface area (Å²) in [7, 11) is 0.446. The fourth-order valence-corrected chi connectivity index (χ4v) is 3.79. The van der Waals surface area contributed by atoms with Crippen molar-refractivity contribution in [2.24, 2.45) is 5.73 Å². The molecule has 0 radical (unpaired) electrons. The van der Waals surface area contributed by atoms with E-state index in [1.807, 2.05) is 0 Å². The van der Waals surface area contributed by atoms with Crippen LogP contribution in [0.3, 0.4) is 0 Å². The van der Waals surface area contributed by atoms with Gasteiger partial charge in [-0.25, -0.2) is 8.42 Å². The number of ether oxygens (including phenoxy) is 2. The molecule has 0 aromatic heterocycles. The summed E-state index contributed by atoms with van der Waals surface area (Å²) >= 11 is 0. The molecular weight excluding hydrogens is 284 g/mol. The Hall–Kier alpha value is -1.80. The van der Waals surface area contributed by atoms with Crippen LogP contribution in [0, 0.1) is 0 Å². The molecule has 0 aliphatic carbocycles. The first-order valence-corrected chi connectivity index (χ1v) is 7.29. The average Bonchev–Trinajstić information content (AvgIpc) is 2.41. The number of primary amides is 1. The molecule has 1 aliphatic heterocycles. The monoisotopic (exact) mass is 300 g/mol. The second kappa shape index (κ2) is 4.95. The van der Waals surface area contributed by atoms with Crippen LogP contribution < -0.4 is 15.2 Å². The summed E-state index contributed by atoms with van der Waals surface area (Å²) in [5.74, 6) is 0.0477. The van der Waals surface area contributed by atoms with Crippen LogP contribution in [0.5, 0.6) is 11.5 Å². The Morgan fingerprint density at radius 3 is 2.35 bits per heavy atom. The fourth-order valence-electron chi connectivity index (χ4n) is 2.24. The summed E-state index contributed by atoms with van der Waals surface area (Å²) in [5.41, 5.74) is 5.75. The molecule has 8 heteroatoms. The Labute approximate surface area is 117 Å². The maximum atomic E-state index is 12.4. The van der Waals surface area contributed by atoms with Gasteiger partial charge in [-0.2, -0.15) is 4.31 Å². The molecule has 0 spiro atoms. The van der Waals surface area contributed by atoms with Crippen molar-refractivity contribution in [3.8, 4) is 11.5 Å². The average molecular weight is 300 g/mol. The van der Waals surface area contributed by atoms with Gasteiger partial charge in [-0.15, -0.1) is 0 Å². The predicted octanol–water partition coefficient (Wildman–Crippen LogP) is -0.266. The summed E-state index contributed by atoms with van der Waals surface area (Å²) in [6, 6.07) is 2.07. The summed E-state index contributed by atoms with van der Waals surface area (Å²) in [4.78, 5) is 11.5. The van der Waals surface area contributed by atoms with Crippen molar-refractivity contribution in [1.82, 2.24) is 4.31 Å². The SMILES string of the molecule is COc1cc2c(cc1OC)S(=O)(=O)N(C)C(C(N)=O)C2. The lowest BCUT2D eigenvalue weighted by Gasteiger charge is -2.31. The Morgan fingerprint density at radius 1 is 1.30 bits per heavy atom. The number of benzene rings is 1. The Kier molecular flexibility index (Phi) is 3.61. The minimum atomic E-state index is -3.78. The minimum absolute atomic E-state index is 0.107. The molecule has 110 valence electrons. The number of likely N-dealkylation sites (N-methyl/N-ethyl adjacent to an activating group) is 1. The number of sulfonamides is 1. The van der Waals surface area contributed by atoms with Gasteiger partial charge in [0.05, 0.1) is 19.1 Å². The van der Waals surface area contributed by atoms with Gasteiger partial charge in [-0.05, 0) is 18.1 Å². The number of fused-ring (bicyclic) bond motifs is 1. The summed E-state index contributed by atoms with van der Waals surface area (Å²) < 4.78 is 36.1. The van der Waals surface area contributed by atoms with Crippen LogP contribution in [0.1, 0.15) is 5.56 Å². The molecule has 0 fully saturated rings. The second-order valence-corrected chi connectivity index (χ2v) is 6.42. The number of carbonyl (C=O) groups is 1. The van der Waals surface area contributed by atoms with Crippen LogP contribution in [-0.4, -0.2) is 45.9 Å². The number of carbonyl (C=O) groups excluding carboxylic acids is 1. The number of amides is 1. The van der Waals surface area contributed by atoms with Gasteiger partial charge >= 0.3 is 0 Å². The molecule has 0 bridgehead atoms. The Morgan fingerprint density at radius 2 is 1.85 bits per heavy atom. The van der Waals surface area contributed by atoms with Crippen LogP contribution in [0.15, 0.2) is 17.0 Å². The molecule has 2 N–H and O–H groups in total. The zero-order valence-corrected chi connectivity index (χ0v) is 12.2. The van der Waals surface area contributed by atoms with Crippen molar-refractivity contribution in [2.45, 2.75) is 17.4 Å².